The highest BCUT2D eigenvalue weighted by atomic mass is 15.1. The number of nitrogens with zero attached hydrogens (tertiary/aromatic N) is 2. The highest BCUT2D eigenvalue weighted by Gasteiger charge is 2.20. The van der Waals surface area contributed by atoms with Crippen LogP contribution in [0.3, 0.4) is 0 Å². The number of aromatic nitrogens is 1. The lowest BCUT2D eigenvalue weighted by Gasteiger charge is -2.32. The van der Waals surface area contributed by atoms with Crippen LogP contribution in [0.15, 0.2) is 18.5 Å². The van der Waals surface area contributed by atoms with Gasteiger partial charge < -0.3 is 5.73 Å². The maximum absolute atomic E-state index is 5.63. The minimum atomic E-state index is 0.540. The van der Waals surface area contributed by atoms with Crippen molar-refractivity contribution in [2.75, 3.05) is 13.6 Å². The van der Waals surface area contributed by atoms with E-state index >= 15 is 0 Å². The highest BCUT2D eigenvalue weighted by Crippen LogP contribution is 2.29. The molecule has 1 aliphatic rings. The van der Waals surface area contributed by atoms with E-state index in [1.165, 1.54) is 31.4 Å². The van der Waals surface area contributed by atoms with Crippen molar-refractivity contribution in [2.45, 2.75) is 31.8 Å². The van der Waals surface area contributed by atoms with Crippen molar-refractivity contribution in [2.24, 2.45) is 5.73 Å². The molecular weight excluding hydrogens is 186 g/mol. The second kappa shape index (κ2) is 4.73. The third-order valence-electron chi connectivity index (χ3n) is 3.21. The lowest BCUT2D eigenvalue weighted by atomic mass is 9.96. The van der Waals surface area contributed by atoms with E-state index in [4.69, 9.17) is 5.73 Å². The number of pyridine rings is 1. The Bertz CT molecular complexity index is 324. The quantitative estimate of drug-likeness (QED) is 0.799. The standard InChI is InChI=1S/C12H19N3/c1-15-5-3-2-4-12(15)11-6-10(7-13)8-14-9-11/h6,8-9,12H,2-5,7,13H2,1H3. The van der Waals surface area contributed by atoms with Gasteiger partial charge in [-0.15, -0.1) is 0 Å². The van der Waals surface area contributed by atoms with Gasteiger partial charge in [0.05, 0.1) is 0 Å². The number of nitrogens with two attached hydrogens (primary N) is 1. The average molecular weight is 205 g/mol. The summed E-state index contributed by atoms with van der Waals surface area (Å²) >= 11 is 0. The van der Waals surface area contributed by atoms with Gasteiger partial charge in [-0.25, -0.2) is 0 Å². The molecule has 15 heavy (non-hydrogen) atoms. The van der Waals surface area contributed by atoms with Crippen LogP contribution in [0.1, 0.15) is 36.4 Å². The fourth-order valence-electron chi connectivity index (χ4n) is 2.30. The normalized spacial score (nSPS) is 22.9. The van der Waals surface area contributed by atoms with Crippen LogP contribution < -0.4 is 5.73 Å². The Morgan fingerprint density at radius 3 is 3.07 bits per heavy atom. The zero-order valence-corrected chi connectivity index (χ0v) is 9.32. The minimum absolute atomic E-state index is 0.540. The summed E-state index contributed by atoms with van der Waals surface area (Å²) in [6, 6.07) is 2.73. The molecule has 0 bridgehead atoms. The van der Waals surface area contributed by atoms with E-state index in [2.05, 4.69) is 23.0 Å². The average Bonchev–Trinajstić information content (AvgIpc) is 2.30. The summed E-state index contributed by atoms with van der Waals surface area (Å²) < 4.78 is 0. The van der Waals surface area contributed by atoms with E-state index in [-0.39, 0.29) is 0 Å². The Labute approximate surface area is 91.3 Å². The maximum Gasteiger partial charge on any atom is 0.0360 e. The Hall–Kier alpha value is -0.930. The SMILES string of the molecule is CN1CCCCC1c1cncc(CN)c1. The van der Waals surface area contributed by atoms with Crippen molar-refractivity contribution in [1.82, 2.24) is 9.88 Å². The maximum atomic E-state index is 5.63. The highest BCUT2D eigenvalue weighted by molar-refractivity contribution is 5.21. The van der Waals surface area contributed by atoms with Gasteiger partial charge in [0.15, 0.2) is 0 Å². The second-order valence-electron chi connectivity index (χ2n) is 4.32. The van der Waals surface area contributed by atoms with Crippen LogP contribution in [0.25, 0.3) is 0 Å². The topological polar surface area (TPSA) is 42.2 Å². The summed E-state index contributed by atoms with van der Waals surface area (Å²) in [4.78, 5) is 6.68. The second-order valence-corrected chi connectivity index (χ2v) is 4.32. The first-order chi connectivity index (χ1) is 7.31. The molecule has 2 N–H and O–H groups in total. The number of piperidine rings is 1. The number of hydrogen-bond acceptors (Lipinski definition) is 3. The summed E-state index contributed by atoms with van der Waals surface area (Å²) in [5.74, 6) is 0. The Morgan fingerprint density at radius 1 is 1.47 bits per heavy atom. The fourth-order valence-corrected chi connectivity index (χ4v) is 2.30. The van der Waals surface area contributed by atoms with E-state index in [1.54, 1.807) is 0 Å². The molecule has 1 aliphatic heterocycles. The molecule has 3 nitrogen and oxygen atoms in total. The van der Waals surface area contributed by atoms with Gasteiger partial charge in [0.1, 0.15) is 0 Å². The molecule has 0 aliphatic carbocycles. The largest absolute Gasteiger partial charge is 0.326 e. The number of likely N-dealkylation sites (tertiary alicyclic amines) is 1. The molecule has 1 fully saturated rings. The summed E-state index contributed by atoms with van der Waals surface area (Å²) in [7, 11) is 2.19. The number of rotatable bonds is 2. The van der Waals surface area contributed by atoms with Gasteiger partial charge in [-0.1, -0.05) is 6.42 Å². The molecule has 1 aromatic rings. The van der Waals surface area contributed by atoms with Gasteiger partial charge in [-0.05, 0) is 43.6 Å². The van der Waals surface area contributed by atoms with Crippen LogP contribution in [0.4, 0.5) is 0 Å². The van der Waals surface area contributed by atoms with E-state index in [0.717, 1.165) is 5.56 Å². The molecule has 1 aromatic heterocycles. The fraction of sp³-hybridized carbons (Fsp3) is 0.583. The molecule has 1 unspecified atom stereocenters. The van der Waals surface area contributed by atoms with Crippen LogP contribution in [0, 0.1) is 0 Å². The van der Waals surface area contributed by atoms with E-state index in [1.807, 2.05) is 12.4 Å². The molecule has 2 rings (SSSR count). The first kappa shape index (κ1) is 10.6. The van der Waals surface area contributed by atoms with Crippen LogP contribution in [-0.2, 0) is 6.54 Å². The van der Waals surface area contributed by atoms with Crippen LogP contribution in [-0.4, -0.2) is 23.5 Å². The van der Waals surface area contributed by atoms with Crippen molar-refractivity contribution in [3.63, 3.8) is 0 Å². The molecule has 0 aromatic carbocycles. The van der Waals surface area contributed by atoms with Gasteiger partial charge in [0, 0.05) is 25.0 Å². The monoisotopic (exact) mass is 205 g/mol. The minimum Gasteiger partial charge on any atom is -0.326 e. The van der Waals surface area contributed by atoms with Crippen molar-refractivity contribution in [3.8, 4) is 0 Å². The molecule has 0 amide bonds. The summed E-state index contributed by atoms with van der Waals surface area (Å²) in [6.45, 7) is 1.77. The van der Waals surface area contributed by atoms with E-state index in [9.17, 15) is 0 Å². The van der Waals surface area contributed by atoms with E-state index < -0.39 is 0 Å². The van der Waals surface area contributed by atoms with Crippen molar-refractivity contribution in [1.29, 1.82) is 0 Å². The van der Waals surface area contributed by atoms with Crippen molar-refractivity contribution < 1.29 is 0 Å². The smallest absolute Gasteiger partial charge is 0.0360 e. The molecule has 0 saturated carbocycles. The molecule has 0 radical (unpaired) electrons. The van der Waals surface area contributed by atoms with Crippen LogP contribution in [0.2, 0.25) is 0 Å². The van der Waals surface area contributed by atoms with Crippen LogP contribution in [0.5, 0.6) is 0 Å². The molecule has 1 atom stereocenters. The third kappa shape index (κ3) is 2.36. The molecule has 2 heterocycles. The van der Waals surface area contributed by atoms with Gasteiger partial charge in [-0.3, -0.25) is 9.88 Å². The molecule has 1 saturated heterocycles. The zero-order valence-electron chi connectivity index (χ0n) is 9.32. The Balaban J connectivity index is 2.19. The molecule has 3 heteroatoms. The van der Waals surface area contributed by atoms with Gasteiger partial charge in [-0.2, -0.15) is 0 Å². The van der Waals surface area contributed by atoms with E-state index in [0.29, 0.717) is 12.6 Å². The molecular formula is C12H19N3. The van der Waals surface area contributed by atoms with Crippen LogP contribution >= 0.6 is 0 Å². The third-order valence-corrected chi connectivity index (χ3v) is 3.21. The zero-order chi connectivity index (χ0) is 10.7. The first-order valence-corrected chi connectivity index (χ1v) is 5.65. The predicted octanol–water partition coefficient (Wildman–Crippen LogP) is 1.70. The van der Waals surface area contributed by atoms with Gasteiger partial charge in [0.2, 0.25) is 0 Å². The van der Waals surface area contributed by atoms with Crippen molar-refractivity contribution >= 4 is 0 Å². The summed E-state index contributed by atoms with van der Waals surface area (Å²) in [6.07, 6.45) is 7.71. The summed E-state index contributed by atoms with van der Waals surface area (Å²) in [5.41, 5.74) is 8.08. The van der Waals surface area contributed by atoms with Gasteiger partial charge in [0.25, 0.3) is 0 Å². The molecule has 0 spiro atoms. The molecule has 82 valence electrons. The van der Waals surface area contributed by atoms with Crippen molar-refractivity contribution in [3.05, 3.63) is 29.6 Å². The first-order valence-electron chi connectivity index (χ1n) is 5.65. The Kier molecular flexibility index (Phi) is 3.34. The predicted molar refractivity (Wildman–Crippen MR) is 61.4 cm³/mol. The summed E-state index contributed by atoms with van der Waals surface area (Å²) in [5, 5.41) is 0. The lowest BCUT2D eigenvalue weighted by Crippen LogP contribution is -2.29. The van der Waals surface area contributed by atoms with Gasteiger partial charge >= 0.3 is 0 Å². The lowest BCUT2D eigenvalue weighted by molar-refractivity contribution is 0.187. The Morgan fingerprint density at radius 2 is 2.33 bits per heavy atom. The number of hydrogen-bond donors (Lipinski definition) is 1.